The van der Waals surface area contributed by atoms with E-state index in [1.807, 2.05) is 13.8 Å². The Hall–Kier alpha value is -1.17. The molecule has 7 heteroatoms. The summed E-state index contributed by atoms with van der Waals surface area (Å²) in [5, 5.41) is 10.7. The maximum Gasteiger partial charge on any atom is 0.309 e. The van der Waals surface area contributed by atoms with E-state index in [1.165, 1.54) is 0 Å². The monoisotopic (exact) mass is 319 g/mol. The van der Waals surface area contributed by atoms with Crippen LogP contribution in [0.3, 0.4) is 0 Å². The van der Waals surface area contributed by atoms with Crippen molar-refractivity contribution in [3.63, 3.8) is 0 Å². The Bertz CT molecular complexity index is 424. The highest BCUT2D eigenvalue weighted by molar-refractivity contribution is 6.64. The van der Waals surface area contributed by atoms with Gasteiger partial charge < -0.3 is 4.74 Å². The Kier molecular flexibility index (Phi) is 6.13. The molecule has 0 amide bonds. The van der Waals surface area contributed by atoms with Gasteiger partial charge in [0.2, 0.25) is 11.3 Å². The molecule has 4 atom stereocenters. The van der Waals surface area contributed by atoms with E-state index >= 15 is 0 Å². The van der Waals surface area contributed by atoms with Crippen LogP contribution in [0.2, 0.25) is 0 Å². The maximum atomic E-state index is 11.8. The summed E-state index contributed by atoms with van der Waals surface area (Å²) in [6.45, 7) is 7.35. The molecule has 0 aromatic rings. The first-order valence-electron chi connectivity index (χ1n) is 7.18. The van der Waals surface area contributed by atoms with Crippen molar-refractivity contribution in [3.8, 4) is 0 Å². The fraction of sp³-hybridized carbons (Fsp3) is 0.857. The van der Waals surface area contributed by atoms with Gasteiger partial charge in [-0.25, -0.2) is 0 Å². The highest BCUT2D eigenvalue weighted by Crippen LogP contribution is 2.33. The van der Waals surface area contributed by atoms with Gasteiger partial charge in [-0.3, -0.25) is 19.7 Å². The van der Waals surface area contributed by atoms with Gasteiger partial charge in [-0.05, 0) is 23.4 Å². The molecule has 6 nitrogen and oxygen atoms in total. The zero-order valence-corrected chi connectivity index (χ0v) is 13.5. The lowest BCUT2D eigenvalue weighted by molar-refractivity contribution is -0.535. The number of ether oxygens (including phenoxy) is 1. The van der Waals surface area contributed by atoms with Crippen LogP contribution in [0.25, 0.3) is 0 Å². The van der Waals surface area contributed by atoms with E-state index in [0.717, 1.165) is 0 Å². The lowest BCUT2D eigenvalue weighted by atomic mass is 9.85. The standard InChI is InChI=1S/C14H22ClNO5/c1-7(2)9(13(15)17)5-11(16(19)20)12-6-10(8(3)4)14(18)21-12/h7-12H,5-6H2,1-4H3/t9-,10?,11-,12?/m0/s1. The number of halogens is 1. The number of carbonyl (C=O) groups excluding carboxylic acids is 2. The predicted octanol–water partition coefficient (Wildman–Crippen LogP) is 2.65. The van der Waals surface area contributed by atoms with Crippen LogP contribution in [0.1, 0.15) is 40.5 Å². The second kappa shape index (κ2) is 7.20. The molecule has 1 saturated heterocycles. The van der Waals surface area contributed by atoms with Crippen LogP contribution in [0.5, 0.6) is 0 Å². The van der Waals surface area contributed by atoms with Crippen LogP contribution < -0.4 is 0 Å². The van der Waals surface area contributed by atoms with Gasteiger partial charge in [0.15, 0.2) is 6.10 Å². The summed E-state index contributed by atoms with van der Waals surface area (Å²) < 4.78 is 5.18. The summed E-state index contributed by atoms with van der Waals surface area (Å²) in [6, 6.07) is -1.09. The van der Waals surface area contributed by atoms with Gasteiger partial charge >= 0.3 is 5.97 Å². The molecule has 0 bridgehead atoms. The van der Waals surface area contributed by atoms with Crippen LogP contribution >= 0.6 is 11.6 Å². The molecule has 0 N–H and O–H groups in total. The highest BCUT2D eigenvalue weighted by atomic mass is 35.5. The van der Waals surface area contributed by atoms with E-state index in [0.29, 0.717) is 6.42 Å². The molecule has 1 fully saturated rings. The second-order valence-electron chi connectivity index (χ2n) is 6.30. The lowest BCUT2D eigenvalue weighted by Crippen LogP contribution is -2.37. The Morgan fingerprint density at radius 3 is 2.33 bits per heavy atom. The summed E-state index contributed by atoms with van der Waals surface area (Å²) in [7, 11) is 0. The summed E-state index contributed by atoms with van der Waals surface area (Å²) in [4.78, 5) is 34.0. The first-order valence-corrected chi connectivity index (χ1v) is 7.56. The van der Waals surface area contributed by atoms with Gasteiger partial charge in [-0.2, -0.15) is 0 Å². The minimum absolute atomic E-state index is 0.00420. The maximum absolute atomic E-state index is 11.8. The van der Waals surface area contributed by atoms with Crippen LogP contribution in [-0.4, -0.2) is 28.3 Å². The van der Waals surface area contributed by atoms with Gasteiger partial charge in [0.05, 0.1) is 5.92 Å². The van der Waals surface area contributed by atoms with Crippen molar-refractivity contribution in [2.24, 2.45) is 23.7 Å². The van der Waals surface area contributed by atoms with Crippen molar-refractivity contribution in [1.29, 1.82) is 0 Å². The lowest BCUT2D eigenvalue weighted by Gasteiger charge is -2.21. The van der Waals surface area contributed by atoms with Crippen molar-refractivity contribution in [2.75, 3.05) is 0 Å². The molecule has 1 heterocycles. The van der Waals surface area contributed by atoms with Gasteiger partial charge in [0, 0.05) is 23.7 Å². The van der Waals surface area contributed by atoms with Crippen LogP contribution in [-0.2, 0) is 14.3 Å². The molecule has 0 saturated carbocycles. The first-order chi connectivity index (χ1) is 9.65. The molecule has 0 aromatic carbocycles. The average molecular weight is 320 g/mol. The smallest absolute Gasteiger partial charge is 0.309 e. The molecular formula is C14H22ClNO5. The second-order valence-corrected chi connectivity index (χ2v) is 6.68. The molecule has 2 unspecified atom stereocenters. The van der Waals surface area contributed by atoms with Gasteiger partial charge in [0.1, 0.15) is 0 Å². The topological polar surface area (TPSA) is 86.5 Å². The van der Waals surface area contributed by atoms with Crippen LogP contribution in [0.4, 0.5) is 0 Å². The van der Waals surface area contributed by atoms with Crippen LogP contribution in [0.15, 0.2) is 0 Å². The molecule has 1 aliphatic heterocycles. The summed E-state index contributed by atoms with van der Waals surface area (Å²) in [5.74, 6) is -1.35. The van der Waals surface area contributed by atoms with Crippen molar-refractivity contribution < 1.29 is 19.2 Å². The Morgan fingerprint density at radius 1 is 1.43 bits per heavy atom. The normalized spacial score (nSPS) is 25.0. The number of nitrogens with zero attached hydrogens (tertiary/aromatic N) is 1. The van der Waals surface area contributed by atoms with E-state index in [4.69, 9.17) is 16.3 Å². The summed E-state index contributed by atoms with van der Waals surface area (Å²) in [5.41, 5.74) is 0. The molecule has 0 spiro atoms. The molecule has 0 aromatic heterocycles. The van der Waals surface area contributed by atoms with E-state index in [2.05, 4.69) is 0 Å². The van der Waals surface area contributed by atoms with E-state index in [1.54, 1.807) is 13.8 Å². The molecule has 120 valence electrons. The summed E-state index contributed by atoms with van der Waals surface area (Å²) >= 11 is 5.53. The zero-order valence-electron chi connectivity index (χ0n) is 12.7. The predicted molar refractivity (Wildman–Crippen MR) is 77.4 cm³/mol. The molecule has 21 heavy (non-hydrogen) atoms. The number of nitro groups is 1. The van der Waals surface area contributed by atoms with Gasteiger partial charge in [0.25, 0.3) is 0 Å². The third kappa shape index (κ3) is 4.40. The van der Waals surface area contributed by atoms with Crippen molar-refractivity contribution in [3.05, 3.63) is 10.1 Å². The molecular weight excluding hydrogens is 298 g/mol. The summed E-state index contributed by atoms with van der Waals surface area (Å²) in [6.07, 6.45) is -0.462. The number of esters is 1. The third-order valence-electron chi connectivity index (χ3n) is 4.15. The quantitative estimate of drug-likeness (QED) is 0.311. The number of rotatable bonds is 7. The van der Waals surface area contributed by atoms with Gasteiger partial charge in [-0.1, -0.05) is 27.7 Å². The van der Waals surface area contributed by atoms with E-state index in [-0.39, 0.29) is 30.1 Å². The zero-order chi connectivity index (χ0) is 16.3. The SMILES string of the molecule is CC(C)C1CC([C@H](C[C@H](C(=O)Cl)C(C)C)[N+](=O)[O-])OC1=O. The van der Waals surface area contributed by atoms with Crippen LogP contribution in [0, 0.1) is 33.8 Å². The number of carbonyl (C=O) groups is 2. The number of hydrogen-bond acceptors (Lipinski definition) is 5. The molecule has 0 radical (unpaired) electrons. The molecule has 1 aliphatic rings. The third-order valence-corrected chi connectivity index (χ3v) is 4.43. The fourth-order valence-corrected chi connectivity index (χ4v) is 3.01. The Morgan fingerprint density at radius 2 is 2.00 bits per heavy atom. The average Bonchev–Trinajstić information content (AvgIpc) is 2.70. The Balaban J connectivity index is 2.86. The minimum atomic E-state index is -1.09. The van der Waals surface area contributed by atoms with Crippen molar-refractivity contribution in [2.45, 2.75) is 52.7 Å². The van der Waals surface area contributed by atoms with E-state index in [9.17, 15) is 19.7 Å². The van der Waals surface area contributed by atoms with Crippen molar-refractivity contribution >= 4 is 22.8 Å². The largest absolute Gasteiger partial charge is 0.455 e. The minimum Gasteiger partial charge on any atom is -0.455 e. The fourth-order valence-electron chi connectivity index (χ4n) is 2.67. The van der Waals surface area contributed by atoms with Crippen molar-refractivity contribution in [1.82, 2.24) is 0 Å². The first kappa shape index (κ1) is 17.9. The van der Waals surface area contributed by atoms with Gasteiger partial charge in [-0.15, -0.1) is 0 Å². The van der Waals surface area contributed by atoms with E-state index < -0.39 is 28.2 Å². The Labute approximate surface area is 129 Å². The number of hydrogen-bond donors (Lipinski definition) is 0. The molecule has 1 rings (SSSR count). The highest BCUT2D eigenvalue weighted by Gasteiger charge is 2.46. The number of cyclic esters (lactones) is 1. The molecule has 0 aliphatic carbocycles.